The van der Waals surface area contributed by atoms with E-state index in [1.807, 2.05) is 0 Å². The van der Waals surface area contributed by atoms with Gasteiger partial charge in [-0.1, -0.05) is 215 Å². The van der Waals surface area contributed by atoms with Crippen LogP contribution in [-0.2, 0) is 43.3 Å². The molecule has 0 amide bonds. The lowest BCUT2D eigenvalue weighted by molar-refractivity contribution is 0.567. The zero-order valence-electron chi connectivity index (χ0n) is 50.3. The molecular formula is C70H92N4. The summed E-state index contributed by atoms with van der Waals surface area (Å²) in [4.78, 5) is 10.5. The van der Waals surface area contributed by atoms with Gasteiger partial charge in [-0.25, -0.2) is 0 Å². The van der Waals surface area contributed by atoms with Crippen LogP contribution in [0.1, 0.15) is 211 Å². The summed E-state index contributed by atoms with van der Waals surface area (Å²) < 4.78 is 0. The average molecular weight is 990 g/mol. The van der Waals surface area contributed by atoms with Crippen molar-refractivity contribution in [3.63, 3.8) is 0 Å². The number of hydrogen-bond donors (Lipinski definition) is 0. The molecule has 392 valence electrons. The third-order valence-electron chi connectivity index (χ3n) is 15.4. The molecule has 0 saturated heterocycles. The van der Waals surface area contributed by atoms with Gasteiger partial charge in [-0.2, -0.15) is 0 Å². The van der Waals surface area contributed by atoms with Crippen molar-refractivity contribution in [3.05, 3.63) is 177 Å². The first-order valence-electron chi connectivity index (χ1n) is 27.5. The smallest absolute Gasteiger partial charge is 0.166 e. The first kappa shape index (κ1) is 54.5. The minimum atomic E-state index is -0.111. The third kappa shape index (κ3) is 10.5. The quantitative estimate of drug-likeness (QED) is 0.174. The van der Waals surface area contributed by atoms with Crippen molar-refractivity contribution < 1.29 is 0 Å². The van der Waals surface area contributed by atoms with Gasteiger partial charge in [0.1, 0.15) is 0 Å². The van der Waals surface area contributed by atoms with Crippen molar-refractivity contribution in [3.8, 4) is 0 Å². The summed E-state index contributed by atoms with van der Waals surface area (Å²) >= 11 is 0. The van der Waals surface area contributed by atoms with Crippen LogP contribution in [0.2, 0.25) is 0 Å². The molecule has 6 aromatic rings. The molecule has 0 aromatic heterocycles. The summed E-state index contributed by atoms with van der Waals surface area (Å²) in [5, 5.41) is 0. The lowest BCUT2D eigenvalue weighted by atomic mass is 9.80. The fraction of sp³-hybridized carbons (Fsp3) is 0.457. The van der Waals surface area contributed by atoms with E-state index in [1.54, 1.807) is 0 Å². The number of para-hydroxylation sites is 4. The predicted octanol–water partition coefficient (Wildman–Crippen LogP) is 20.5. The predicted molar refractivity (Wildman–Crippen MR) is 324 cm³/mol. The standard InChI is InChI=1S/C70H92N4/c1-63(2,3)45-33-46(64(4,5)6)38-53(37-45)71-57-29-25-26-30-58(57)72(54-39-47(65(7,8)9)34-48(40-54)66(10,11)12)61(71)62-73(55-41-49(67(13,14)15)35-50(42-55)68(16,17)18)59-31-27-28-32-60(59)74(62)56-43-51(69(19,20)21)36-52(44-56)70(22,23)24/h25-44H,1-24H3. The van der Waals surface area contributed by atoms with Gasteiger partial charge in [0.15, 0.2) is 11.6 Å². The summed E-state index contributed by atoms with van der Waals surface area (Å²) in [7, 11) is 0. The Balaban J connectivity index is 1.68. The largest absolute Gasteiger partial charge is 0.291 e. The maximum atomic E-state index is 2.62. The number of rotatable bonds is 4. The fourth-order valence-electron chi connectivity index (χ4n) is 10.2. The Labute approximate surface area is 449 Å². The van der Waals surface area contributed by atoms with Gasteiger partial charge >= 0.3 is 0 Å². The van der Waals surface area contributed by atoms with Crippen molar-refractivity contribution in [2.45, 2.75) is 209 Å². The second-order valence-electron chi connectivity index (χ2n) is 30.0. The Kier molecular flexibility index (Phi) is 13.2. The average Bonchev–Trinajstić information content (AvgIpc) is 3.79. The van der Waals surface area contributed by atoms with Crippen molar-refractivity contribution >= 4 is 45.5 Å². The van der Waals surface area contributed by atoms with Crippen LogP contribution in [0.4, 0.5) is 45.5 Å². The van der Waals surface area contributed by atoms with Gasteiger partial charge in [0, 0.05) is 22.7 Å². The van der Waals surface area contributed by atoms with Gasteiger partial charge in [0.05, 0.1) is 22.7 Å². The van der Waals surface area contributed by atoms with Gasteiger partial charge < -0.3 is 0 Å². The summed E-state index contributed by atoms with van der Waals surface area (Å²) in [6, 6.07) is 48.0. The summed E-state index contributed by atoms with van der Waals surface area (Å²) in [6.07, 6.45) is 0. The summed E-state index contributed by atoms with van der Waals surface area (Å²) in [5.74, 6) is 2.16. The van der Waals surface area contributed by atoms with Crippen LogP contribution < -0.4 is 19.6 Å². The van der Waals surface area contributed by atoms with E-state index in [4.69, 9.17) is 0 Å². The van der Waals surface area contributed by atoms with E-state index in [0.29, 0.717) is 0 Å². The number of benzene rings is 6. The minimum absolute atomic E-state index is 0.111. The second kappa shape index (κ2) is 18.0. The molecule has 0 radical (unpaired) electrons. The number of anilines is 8. The molecule has 0 aliphatic carbocycles. The minimum Gasteiger partial charge on any atom is -0.291 e. The molecule has 0 saturated carbocycles. The molecule has 0 atom stereocenters. The van der Waals surface area contributed by atoms with Crippen molar-refractivity contribution in [2.75, 3.05) is 19.6 Å². The van der Waals surface area contributed by atoms with Crippen LogP contribution in [0.3, 0.4) is 0 Å². The highest BCUT2D eigenvalue weighted by atomic mass is 15.5. The van der Waals surface area contributed by atoms with Crippen LogP contribution in [0, 0.1) is 0 Å². The molecule has 0 fully saturated rings. The third-order valence-corrected chi connectivity index (χ3v) is 15.4. The number of hydrogen-bond acceptors (Lipinski definition) is 4. The monoisotopic (exact) mass is 989 g/mol. The van der Waals surface area contributed by atoms with E-state index >= 15 is 0 Å². The van der Waals surface area contributed by atoms with Crippen molar-refractivity contribution in [2.24, 2.45) is 0 Å². The summed E-state index contributed by atoms with van der Waals surface area (Å²) in [5.41, 5.74) is 18.8. The van der Waals surface area contributed by atoms with Crippen LogP contribution >= 0.6 is 0 Å². The SMILES string of the molecule is CC(C)(C)c1cc(N2C(=C3N(c4cc(C(C)(C)C)cc(C(C)(C)C)c4)c4ccccc4N3c3cc(C(C)(C)C)cc(C(C)(C)C)c3)N(c3cc(C(C)(C)C)cc(C(C)(C)C)c3)c3ccccc32)cc(C(C)(C)C)c1. The molecule has 74 heavy (non-hydrogen) atoms. The molecule has 6 aromatic carbocycles. The molecule has 8 rings (SSSR count). The van der Waals surface area contributed by atoms with Gasteiger partial charge in [0.25, 0.3) is 0 Å². The van der Waals surface area contributed by atoms with Crippen LogP contribution in [0.15, 0.2) is 133 Å². The zero-order valence-corrected chi connectivity index (χ0v) is 50.3. The normalized spacial score (nSPS) is 15.1. The molecule has 0 unspecified atom stereocenters. The van der Waals surface area contributed by atoms with E-state index in [1.165, 1.54) is 44.5 Å². The molecular weight excluding hydrogens is 897 g/mol. The van der Waals surface area contributed by atoms with Crippen LogP contribution in [0.5, 0.6) is 0 Å². The lowest BCUT2D eigenvalue weighted by Gasteiger charge is -2.37. The first-order valence-corrected chi connectivity index (χ1v) is 27.5. The zero-order chi connectivity index (χ0) is 54.8. The van der Waals surface area contributed by atoms with Crippen LogP contribution in [-0.4, -0.2) is 0 Å². The Morgan fingerprint density at radius 3 is 0.459 bits per heavy atom. The fourth-order valence-corrected chi connectivity index (χ4v) is 10.2. The van der Waals surface area contributed by atoms with Gasteiger partial charge in [0.2, 0.25) is 0 Å². The molecule has 2 aliphatic rings. The van der Waals surface area contributed by atoms with Gasteiger partial charge in [-0.3, -0.25) is 19.6 Å². The molecule has 0 spiro atoms. The van der Waals surface area contributed by atoms with E-state index in [9.17, 15) is 0 Å². The molecule has 0 bridgehead atoms. The van der Waals surface area contributed by atoms with E-state index < -0.39 is 0 Å². The highest BCUT2D eigenvalue weighted by molar-refractivity contribution is 6.00. The Bertz CT molecular complexity index is 2590. The topological polar surface area (TPSA) is 13.0 Å². The maximum Gasteiger partial charge on any atom is 0.166 e. The molecule has 4 heteroatoms. The van der Waals surface area contributed by atoms with Gasteiger partial charge in [-0.15, -0.1) is 0 Å². The molecule has 4 nitrogen and oxygen atoms in total. The van der Waals surface area contributed by atoms with Crippen molar-refractivity contribution in [1.29, 1.82) is 0 Å². The molecule has 2 aliphatic heterocycles. The van der Waals surface area contributed by atoms with E-state index in [-0.39, 0.29) is 43.3 Å². The number of fused-ring (bicyclic) bond motifs is 2. The number of nitrogens with zero attached hydrogens (tertiary/aromatic N) is 4. The van der Waals surface area contributed by atoms with E-state index in [0.717, 1.165) is 57.1 Å². The Morgan fingerprint density at radius 1 is 0.203 bits per heavy atom. The van der Waals surface area contributed by atoms with E-state index in [2.05, 4.69) is 307 Å². The van der Waals surface area contributed by atoms with Crippen LogP contribution in [0.25, 0.3) is 0 Å². The molecule has 0 N–H and O–H groups in total. The first-order chi connectivity index (χ1) is 33.7. The molecule has 2 heterocycles. The maximum absolute atomic E-state index is 2.62. The Morgan fingerprint density at radius 2 is 0.338 bits per heavy atom. The van der Waals surface area contributed by atoms with Gasteiger partial charge in [-0.05, 0) is 161 Å². The summed E-state index contributed by atoms with van der Waals surface area (Å²) in [6.45, 7) is 56.6. The highest BCUT2D eigenvalue weighted by Gasteiger charge is 2.46. The van der Waals surface area contributed by atoms with Crippen molar-refractivity contribution in [1.82, 2.24) is 0 Å². The second-order valence-corrected chi connectivity index (χ2v) is 30.0. The lowest BCUT2D eigenvalue weighted by Crippen LogP contribution is -2.34. The highest BCUT2D eigenvalue weighted by Crippen LogP contribution is 2.59. The Hall–Kier alpha value is -5.74.